The third-order valence-corrected chi connectivity index (χ3v) is 2.78. The van der Waals surface area contributed by atoms with Crippen molar-refractivity contribution >= 4 is 23.3 Å². The number of carbonyl (C=O) groups is 2. The van der Waals surface area contributed by atoms with Gasteiger partial charge in [0.05, 0.1) is 12.7 Å². The molecule has 0 unspecified atom stereocenters. The number of halogens is 1. The van der Waals surface area contributed by atoms with Gasteiger partial charge in [0.2, 0.25) is 0 Å². The molecule has 0 radical (unpaired) electrons. The molecule has 0 spiro atoms. The topological polar surface area (TPSA) is 81.4 Å². The van der Waals surface area contributed by atoms with E-state index in [1.165, 1.54) is 18.2 Å². The van der Waals surface area contributed by atoms with Crippen molar-refractivity contribution in [1.82, 2.24) is 0 Å². The van der Waals surface area contributed by atoms with Crippen LogP contribution in [0.5, 0.6) is 0 Å². The SMILES string of the molecule is COC(=O)c1cc(NC(=O)c2cccc(N)c2)ccc1F. The van der Waals surface area contributed by atoms with Gasteiger partial charge in [-0.1, -0.05) is 6.07 Å². The molecule has 0 aliphatic heterocycles. The number of anilines is 2. The first kappa shape index (κ1) is 14.5. The molecule has 6 heteroatoms. The van der Waals surface area contributed by atoms with Gasteiger partial charge in [0.15, 0.2) is 0 Å². The molecule has 1 amide bonds. The first-order valence-electron chi connectivity index (χ1n) is 6.06. The summed E-state index contributed by atoms with van der Waals surface area (Å²) in [6.07, 6.45) is 0. The first-order valence-corrected chi connectivity index (χ1v) is 6.06. The van der Waals surface area contributed by atoms with Crippen LogP contribution in [0.3, 0.4) is 0 Å². The summed E-state index contributed by atoms with van der Waals surface area (Å²) < 4.78 is 18.0. The van der Waals surface area contributed by atoms with Crippen LogP contribution in [0.25, 0.3) is 0 Å². The number of nitrogen functional groups attached to an aromatic ring is 1. The molecule has 0 bridgehead atoms. The summed E-state index contributed by atoms with van der Waals surface area (Å²) in [7, 11) is 1.15. The number of esters is 1. The van der Waals surface area contributed by atoms with E-state index in [1.807, 2.05) is 0 Å². The van der Waals surface area contributed by atoms with Crippen molar-refractivity contribution < 1.29 is 18.7 Å². The third kappa shape index (κ3) is 3.36. The molecular formula is C15H13FN2O3. The van der Waals surface area contributed by atoms with Gasteiger partial charge < -0.3 is 15.8 Å². The van der Waals surface area contributed by atoms with E-state index in [1.54, 1.807) is 18.2 Å². The monoisotopic (exact) mass is 288 g/mol. The molecule has 0 fully saturated rings. The van der Waals surface area contributed by atoms with Crippen LogP contribution in [-0.4, -0.2) is 19.0 Å². The summed E-state index contributed by atoms with van der Waals surface area (Å²) in [5, 5.41) is 2.56. The van der Waals surface area contributed by atoms with Gasteiger partial charge in [-0.05, 0) is 36.4 Å². The van der Waals surface area contributed by atoms with Gasteiger partial charge in [-0.15, -0.1) is 0 Å². The fourth-order valence-corrected chi connectivity index (χ4v) is 1.75. The minimum atomic E-state index is -0.812. The van der Waals surface area contributed by atoms with E-state index in [0.717, 1.165) is 13.2 Å². The Labute approximate surface area is 120 Å². The lowest BCUT2D eigenvalue weighted by molar-refractivity contribution is 0.0595. The van der Waals surface area contributed by atoms with E-state index in [-0.39, 0.29) is 11.3 Å². The molecule has 5 nitrogen and oxygen atoms in total. The number of nitrogens with two attached hydrogens (primary N) is 1. The van der Waals surface area contributed by atoms with Crippen LogP contribution in [0.15, 0.2) is 42.5 Å². The average molecular weight is 288 g/mol. The molecule has 0 heterocycles. The Balaban J connectivity index is 2.24. The normalized spacial score (nSPS) is 10.0. The van der Waals surface area contributed by atoms with E-state index in [2.05, 4.69) is 10.1 Å². The summed E-state index contributed by atoms with van der Waals surface area (Å²) in [5.41, 5.74) is 6.45. The largest absolute Gasteiger partial charge is 0.465 e. The summed E-state index contributed by atoms with van der Waals surface area (Å²) in [6, 6.07) is 10.1. The van der Waals surface area contributed by atoms with Gasteiger partial charge in [-0.2, -0.15) is 0 Å². The summed E-state index contributed by atoms with van der Waals surface area (Å²) >= 11 is 0. The molecule has 0 saturated carbocycles. The number of benzene rings is 2. The molecule has 0 aromatic heterocycles. The van der Waals surface area contributed by atoms with E-state index in [4.69, 9.17) is 5.73 Å². The van der Waals surface area contributed by atoms with Crippen molar-refractivity contribution in [2.75, 3.05) is 18.2 Å². The van der Waals surface area contributed by atoms with Gasteiger partial charge in [0.1, 0.15) is 5.82 Å². The van der Waals surface area contributed by atoms with Gasteiger partial charge >= 0.3 is 5.97 Å². The lowest BCUT2D eigenvalue weighted by Gasteiger charge is -2.08. The first-order chi connectivity index (χ1) is 10.0. The van der Waals surface area contributed by atoms with Crippen molar-refractivity contribution in [2.45, 2.75) is 0 Å². The summed E-state index contributed by atoms with van der Waals surface area (Å²) in [5.74, 6) is -1.94. The number of carbonyl (C=O) groups excluding carboxylic acids is 2. The second-order valence-electron chi connectivity index (χ2n) is 4.27. The number of ether oxygens (including phenoxy) is 1. The maximum absolute atomic E-state index is 13.5. The number of nitrogens with one attached hydrogen (secondary N) is 1. The fraction of sp³-hybridized carbons (Fsp3) is 0.0667. The number of methoxy groups -OCH3 is 1. The van der Waals surface area contributed by atoms with Gasteiger partial charge in [-0.3, -0.25) is 4.79 Å². The molecular weight excluding hydrogens is 275 g/mol. The molecule has 2 rings (SSSR count). The highest BCUT2D eigenvalue weighted by Gasteiger charge is 2.14. The Morgan fingerprint density at radius 2 is 1.95 bits per heavy atom. The smallest absolute Gasteiger partial charge is 0.340 e. The molecule has 0 aliphatic carbocycles. The standard InChI is InChI=1S/C15H13FN2O3/c1-21-15(20)12-8-11(5-6-13(12)16)18-14(19)9-3-2-4-10(17)7-9/h2-8H,17H2,1H3,(H,18,19). The highest BCUT2D eigenvalue weighted by molar-refractivity contribution is 6.05. The van der Waals surface area contributed by atoms with Crippen LogP contribution in [0.2, 0.25) is 0 Å². The molecule has 0 atom stereocenters. The molecule has 2 aromatic carbocycles. The predicted octanol–water partition coefficient (Wildman–Crippen LogP) is 2.45. The number of rotatable bonds is 3. The fourth-order valence-electron chi connectivity index (χ4n) is 1.75. The van der Waals surface area contributed by atoms with E-state index >= 15 is 0 Å². The maximum Gasteiger partial charge on any atom is 0.340 e. The maximum atomic E-state index is 13.5. The number of hydrogen-bond donors (Lipinski definition) is 2. The molecule has 3 N–H and O–H groups in total. The second kappa shape index (κ2) is 6.04. The van der Waals surface area contributed by atoms with Crippen LogP contribution in [0.1, 0.15) is 20.7 Å². The Morgan fingerprint density at radius 3 is 2.62 bits per heavy atom. The molecule has 108 valence electrons. The molecule has 0 saturated heterocycles. The van der Waals surface area contributed by atoms with E-state index in [9.17, 15) is 14.0 Å². The van der Waals surface area contributed by atoms with Crippen LogP contribution in [0, 0.1) is 5.82 Å². The quantitative estimate of drug-likeness (QED) is 0.671. The molecule has 2 aromatic rings. The Hall–Kier alpha value is -2.89. The molecule has 21 heavy (non-hydrogen) atoms. The predicted molar refractivity (Wildman–Crippen MR) is 76.5 cm³/mol. The zero-order valence-corrected chi connectivity index (χ0v) is 11.2. The minimum Gasteiger partial charge on any atom is -0.465 e. The Morgan fingerprint density at radius 1 is 1.19 bits per heavy atom. The van der Waals surface area contributed by atoms with Crippen LogP contribution < -0.4 is 11.1 Å². The highest BCUT2D eigenvalue weighted by Crippen LogP contribution is 2.17. The van der Waals surface area contributed by atoms with Crippen molar-refractivity contribution in [1.29, 1.82) is 0 Å². The lowest BCUT2D eigenvalue weighted by Crippen LogP contribution is -2.13. The van der Waals surface area contributed by atoms with Crippen LogP contribution >= 0.6 is 0 Å². The Kier molecular flexibility index (Phi) is 4.18. The number of amides is 1. The highest BCUT2D eigenvalue weighted by atomic mass is 19.1. The van der Waals surface area contributed by atoms with Gasteiger partial charge in [-0.25, -0.2) is 9.18 Å². The van der Waals surface area contributed by atoms with Crippen LogP contribution in [0.4, 0.5) is 15.8 Å². The van der Waals surface area contributed by atoms with Crippen molar-refractivity contribution in [3.63, 3.8) is 0 Å². The summed E-state index contributed by atoms with van der Waals surface area (Å²) in [4.78, 5) is 23.4. The van der Waals surface area contributed by atoms with Crippen molar-refractivity contribution in [3.05, 3.63) is 59.4 Å². The lowest BCUT2D eigenvalue weighted by atomic mass is 10.1. The molecule has 0 aliphatic rings. The second-order valence-corrected chi connectivity index (χ2v) is 4.27. The minimum absolute atomic E-state index is 0.247. The van der Waals surface area contributed by atoms with E-state index in [0.29, 0.717) is 11.3 Å². The number of hydrogen-bond acceptors (Lipinski definition) is 4. The zero-order valence-electron chi connectivity index (χ0n) is 11.2. The van der Waals surface area contributed by atoms with Crippen molar-refractivity contribution in [3.8, 4) is 0 Å². The van der Waals surface area contributed by atoms with Gasteiger partial charge in [0.25, 0.3) is 5.91 Å². The van der Waals surface area contributed by atoms with Gasteiger partial charge in [0, 0.05) is 16.9 Å². The Bertz CT molecular complexity index is 701. The van der Waals surface area contributed by atoms with Crippen LogP contribution in [-0.2, 0) is 4.74 Å². The van der Waals surface area contributed by atoms with Crippen molar-refractivity contribution in [2.24, 2.45) is 0 Å². The average Bonchev–Trinajstić information content (AvgIpc) is 2.48. The zero-order chi connectivity index (χ0) is 15.4. The van der Waals surface area contributed by atoms with E-state index < -0.39 is 17.7 Å². The third-order valence-electron chi connectivity index (χ3n) is 2.78. The summed E-state index contributed by atoms with van der Waals surface area (Å²) in [6.45, 7) is 0.